The Bertz CT molecular complexity index is 406. The number of aryl methyl sites for hydroxylation is 1. The van der Waals surface area contributed by atoms with Crippen LogP contribution in [0.5, 0.6) is 0 Å². The topological polar surface area (TPSA) is 29.1 Å². The zero-order chi connectivity index (χ0) is 14.5. The third-order valence-corrected chi connectivity index (χ3v) is 5.12. The van der Waals surface area contributed by atoms with Gasteiger partial charge in [-0.1, -0.05) is 36.8 Å². The van der Waals surface area contributed by atoms with Crippen molar-refractivity contribution in [2.75, 3.05) is 12.3 Å². The first-order valence-corrected chi connectivity index (χ1v) is 8.35. The molecule has 0 fully saturated rings. The fraction of sp³-hybridized carbons (Fsp3) is 0.625. The Balaban J connectivity index is 2.83. The largest absolute Gasteiger partial charge is 0.309 e. The second kappa shape index (κ2) is 7.20. The minimum atomic E-state index is -0.839. The molecule has 2 atom stereocenters. The average Bonchev–Trinajstić information content (AvgIpc) is 2.34. The Morgan fingerprint density at radius 3 is 2.26 bits per heavy atom. The van der Waals surface area contributed by atoms with Crippen molar-refractivity contribution in [3.8, 4) is 0 Å². The van der Waals surface area contributed by atoms with E-state index in [-0.39, 0.29) is 10.8 Å². The maximum absolute atomic E-state index is 12.3. The van der Waals surface area contributed by atoms with Gasteiger partial charge in [0.15, 0.2) is 0 Å². The summed E-state index contributed by atoms with van der Waals surface area (Å²) in [6.45, 7) is 11.3. The minimum Gasteiger partial charge on any atom is -0.309 e. The van der Waals surface area contributed by atoms with Gasteiger partial charge in [0.05, 0.1) is 0 Å². The van der Waals surface area contributed by atoms with E-state index in [0.29, 0.717) is 5.75 Å². The molecule has 0 aliphatic heterocycles. The number of rotatable bonds is 6. The molecule has 1 rings (SSSR count). The fourth-order valence-electron chi connectivity index (χ4n) is 1.79. The van der Waals surface area contributed by atoms with Gasteiger partial charge >= 0.3 is 0 Å². The summed E-state index contributed by atoms with van der Waals surface area (Å²) in [5.41, 5.74) is 2.49. The normalized spacial score (nSPS) is 15.2. The summed E-state index contributed by atoms with van der Waals surface area (Å²) in [5.74, 6) is 0.673. The standard InChI is InChI=1S/C16H27NOS/c1-6-11-17-15(12-19(18)16(3,4)5)14-9-7-13(2)8-10-14/h7-10,15,17H,6,11-12H2,1-5H3. The van der Waals surface area contributed by atoms with Crippen molar-refractivity contribution >= 4 is 10.8 Å². The first kappa shape index (κ1) is 16.4. The molecule has 0 aliphatic rings. The molecule has 2 unspecified atom stereocenters. The zero-order valence-electron chi connectivity index (χ0n) is 12.8. The van der Waals surface area contributed by atoms with Gasteiger partial charge in [0.25, 0.3) is 0 Å². The van der Waals surface area contributed by atoms with Crippen LogP contribution in [0.1, 0.15) is 51.3 Å². The fourth-order valence-corrected chi connectivity index (χ4v) is 2.90. The van der Waals surface area contributed by atoms with Gasteiger partial charge in [0.1, 0.15) is 0 Å². The summed E-state index contributed by atoms with van der Waals surface area (Å²) in [5, 5.41) is 3.52. The van der Waals surface area contributed by atoms with E-state index >= 15 is 0 Å². The molecule has 19 heavy (non-hydrogen) atoms. The molecule has 3 heteroatoms. The average molecular weight is 281 g/mol. The lowest BCUT2D eigenvalue weighted by molar-refractivity contribution is 0.563. The summed E-state index contributed by atoms with van der Waals surface area (Å²) >= 11 is 0. The number of nitrogens with one attached hydrogen (secondary N) is 1. The monoisotopic (exact) mass is 281 g/mol. The summed E-state index contributed by atoms with van der Waals surface area (Å²) in [6.07, 6.45) is 1.09. The summed E-state index contributed by atoms with van der Waals surface area (Å²) in [7, 11) is -0.839. The van der Waals surface area contributed by atoms with Gasteiger partial charge in [0, 0.05) is 27.3 Å². The van der Waals surface area contributed by atoms with Gasteiger partial charge in [-0.2, -0.15) is 0 Å². The predicted molar refractivity (Wildman–Crippen MR) is 85.0 cm³/mol. The summed E-state index contributed by atoms with van der Waals surface area (Å²) < 4.78 is 12.2. The molecule has 1 N–H and O–H groups in total. The highest BCUT2D eigenvalue weighted by Crippen LogP contribution is 2.20. The molecule has 0 aromatic heterocycles. The van der Waals surface area contributed by atoms with Crippen molar-refractivity contribution in [3.05, 3.63) is 35.4 Å². The van der Waals surface area contributed by atoms with Crippen molar-refractivity contribution in [1.29, 1.82) is 0 Å². The highest BCUT2D eigenvalue weighted by Gasteiger charge is 2.23. The molecule has 0 bridgehead atoms. The molecule has 0 spiro atoms. The Hall–Kier alpha value is -0.670. The van der Waals surface area contributed by atoms with Crippen LogP contribution in [0, 0.1) is 6.92 Å². The first-order valence-electron chi connectivity index (χ1n) is 7.03. The summed E-state index contributed by atoms with van der Waals surface area (Å²) in [4.78, 5) is 0. The van der Waals surface area contributed by atoms with E-state index in [1.807, 2.05) is 20.8 Å². The molecular formula is C16H27NOS. The van der Waals surface area contributed by atoms with Crippen LogP contribution in [-0.2, 0) is 10.8 Å². The van der Waals surface area contributed by atoms with Crippen LogP contribution in [0.15, 0.2) is 24.3 Å². The van der Waals surface area contributed by atoms with Crippen LogP contribution in [0.4, 0.5) is 0 Å². The third-order valence-electron chi connectivity index (χ3n) is 3.12. The maximum Gasteiger partial charge on any atom is 0.0437 e. The minimum absolute atomic E-state index is 0.156. The van der Waals surface area contributed by atoms with E-state index < -0.39 is 10.8 Å². The highest BCUT2D eigenvalue weighted by atomic mass is 32.2. The van der Waals surface area contributed by atoms with Gasteiger partial charge in [-0.25, -0.2) is 0 Å². The number of benzene rings is 1. The highest BCUT2D eigenvalue weighted by molar-refractivity contribution is 7.86. The Kier molecular flexibility index (Phi) is 6.21. The van der Waals surface area contributed by atoms with Crippen molar-refractivity contribution in [2.45, 2.75) is 51.8 Å². The van der Waals surface area contributed by atoms with Gasteiger partial charge in [-0.05, 0) is 46.2 Å². The van der Waals surface area contributed by atoms with Crippen LogP contribution in [0.2, 0.25) is 0 Å². The van der Waals surface area contributed by atoms with E-state index in [1.54, 1.807) is 0 Å². The van der Waals surface area contributed by atoms with Gasteiger partial charge in [0.2, 0.25) is 0 Å². The van der Waals surface area contributed by atoms with Crippen LogP contribution < -0.4 is 5.32 Å². The second-order valence-corrected chi connectivity index (χ2v) is 8.29. The third kappa shape index (κ3) is 5.45. The van der Waals surface area contributed by atoms with Gasteiger partial charge < -0.3 is 5.32 Å². The number of hydrogen-bond acceptors (Lipinski definition) is 2. The van der Waals surface area contributed by atoms with Crippen molar-refractivity contribution in [2.24, 2.45) is 0 Å². The van der Waals surface area contributed by atoms with Crippen LogP contribution >= 0.6 is 0 Å². The molecule has 2 nitrogen and oxygen atoms in total. The Morgan fingerprint density at radius 1 is 1.21 bits per heavy atom. The van der Waals surface area contributed by atoms with Crippen LogP contribution in [0.3, 0.4) is 0 Å². The second-order valence-electron chi connectivity index (χ2n) is 6.04. The van der Waals surface area contributed by atoms with E-state index in [0.717, 1.165) is 13.0 Å². The van der Waals surface area contributed by atoms with E-state index in [1.165, 1.54) is 11.1 Å². The lowest BCUT2D eigenvalue weighted by atomic mass is 10.1. The molecule has 0 amide bonds. The molecule has 108 valence electrons. The van der Waals surface area contributed by atoms with Crippen molar-refractivity contribution < 1.29 is 4.21 Å². The molecule has 1 aromatic rings. The molecule has 0 aliphatic carbocycles. The SMILES string of the molecule is CCCNC(CS(=O)C(C)(C)C)c1ccc(C)cc1. The molecule has 0 radical (unpaired) electrons. The zero-order valence-corrected chi connectivity index (χ0v) is 13.6. The summed E-state index contributed by atoms with van der Waals surface area (Å²) in [6, 6.07) is 8.71. The quantitative estimate of drug-likeness (QED) is 0.863. The lowest BCUT2D eigenvalue weighted by Crippen LogP contribution is -2.33. The molecule has 0 heterocycles. The van der Waals surface area contributed by atoms with E-state index in [9.17, 15) is 4.21 Å². The molecule has 1 aromatic carbocycles. The maximum atomic E-state index is 12.3. The lowest BCUT2D eigenvalue weighted by Gasteiger charge is -2.24. The predicted octanol–water partition coefficient (Wildman–Crippen LogP) is 3.58. The van der Waals surface area contributed by atoms with Crippen molar-refractivity contribution in [1.82, 2.24) is 5.32 Å². The van der Waals surface area contributed by atoms with Gasteiger partial charge in [-0.15, -0.1) is 0 Å². The molecule has 0 saturated heterocycles. The van der Waals surface area contributed by atoms with Crippen LogP contribution in [-0.4, -0.2) is 21.3 Å². The van der Waals surface area contributed by atoms with Crippen molar-refractivity contribution in [3.63, 3.8) is 0 Å². The van der Waals surface area contributed by atoms with Crippen LogP contribution in [0.25, 0.3) is 0 Å². The van der Waals surface area contributed by atoms with E-state index in [4.69, 9.17) is 0 Å². The Morgan fingerprint density at radius 2 is 1.79 bits per heavy atom. The molecular weight excluding hydrogens is 254 g/mol. The van der Waals surface area contributed by atoms with Gasteiger partial charge in [-0.3, -0.25) is 4.21 Å². The molecule has 0 saturated carbocycles. The van der Waals surface area contributed by atoms with E-state index in [2.05, 4.69) is 43.4 Å². The first-order chi connectivity index (χ1) is 8.84. The number of hydrogen-bond donors (Lipinski definition) is 1. The Labute approximate surface area is 120 Å². The smallest absolute Gasteiger partial charge is 0.0437 e.